The van der Waals surface area contributed by atoms with E-state index in [2.05, 4.69) is 52.1 Å². The lowest BCUT2D eigenvalue weighted by Crippen LogP contribution is -2.41. The molecule has 0 aliphatic heterocycles. The minimum absolute atomic E-state index is 0. The summed E-state index contributed by atoms with van der Waals surface area (Å²) in [6.45, 7) is 7.18. The van der Waals surface area contributed by atoms with E-state index in [-0.39, 0.29) is 24.0 Å². The Hall–Kier alpha value is -1.09. The maximum atomic E-state index is 4.30. The van der Waals surface area contributed by atoms with Gasteiger partial charge >= 0.3 is 0 Å². The minimum atomic E-state index is 0. The number of aliphatic imine (C=N–C) groups is 1. The molecule has 2 aromatic heterocycles. The van der Waals surface area contributed by atoms with Crippen molar-refractivity contribution in [2.75, 3.05) is 20.1 Å². The molecular weight excluding hydrogens is 433 g/mol. The smallest absolute Gasteiger partial charge is 0.190 e. The molecule has 0 spiro atoms. The second kappa shape index (κ2) is 11.5. The third-order valence-electron chi connectivity index (χ3n) is 3.65. The Morgan fingerprint density at radius 1 is 1.25 bits per heavy atom. The van der Waals surface area contributed by atoms with Gasteiger partial charge in [0.05, 0.1) is 0 Å². The average molecular weight is 461 g/mol. The highest BCUT2D eigenvalue weighted by Gasteiger charge is 2.08. The molecule has 0 saturated carbocycles. The maximum absolute atomic E-state index is 4.30. The molecule has 134 valence electrons. The number of thiophene rings is 1. The number of rotatable bonds is 8. The fourth-order valence-electron chi connectivity index (χ4n) is 2.40. The number of hydrogen-bond donors (Lipinski definition) is 2. The van der Waals surface area contributed by atoms with Crippen LogP contribution in [0.2, 0.25) is 0 Å². The second-order valence-electron chi connectivity index (χ2n) is 6.06. The highest BCUT2D eigenvalue weighted by atomic mass is 127. The van der Waals surface area contributed by atoms with Crippen LogP contribution in [0, 0.1) is 11.8 Å². The molecule has 2 unspecified atom stereocenters. The molecule has 0 fully saturated rings. The van der Waals surface area contributed by atoms with E-state index < -0.39 is 0 Å². The summed E-state index contributed by atoms with van der Waals surface area (Å²) in [4.78, 5) is 5.74. The summed E-state index contributed by atoms with van der Waals surface area (Å²) < 4.78 is 1.96. The summed E-state index contributed by atoms with van der Waals surface area (Å²) in [7, 11) is 1.82. The second-order valence-corrected chi connectivity index (χ2v) is 7.09. The van der Waals surface area contributed by atoms with E-state index in [1.165, 1.54) is 4.88 Å². The summed E-state index contributed by atoms with van der Waals surface area (Å²) in [5, 5.41) is 13.2. The number of nitrogens with one attached hydrogen (secondary N) is 2. The monoisotopic (exact) mass is 461 g/mol. The van der Waals surface area contributed by atoms with Crippen LogP contribution in [0.4, 0.5) is 0 Å². The van der Waals surface area contributed by atoms with Crippen LogP contribution >= 0.6 is 35.3 Å². The van der Waals surface area contributed by atoms with Gasteiger partial charge in [0.1, 0.15) is 0 Å². The van der Waals surface area contributed by atoms with Crippen molar-refractivity contribution in [2.24, 2.45) is 16.8 Å². The molecule has 2 heterocycles. The predicted molar refractivity (Wildman–Crippen MR) is 113 cm³/mol. The van der Waals surface area contributed by atoms with Gasteiger partial charge in [0.25, 0.3) is 0 Å². The first-order valence-electron chi connectivity index (χ1n) is 8.11. The Morgan fingerprint density at radius 2 is 2.00 bits per heavy atom. The van der Waals surface area contributed by atoms with E-state index in [1.807, 2.05) is 41.5 Å². The lowest BCUT2D eigenvalue weighted by atomic mass is 10.1. The van der Waals surface area contributed by atoms with Crippen molar-refractivity contribution >= 4 is 41.3 Å². The topological polar surface area (TPSA) is 54.2 Å². The van der Waals surface area contributed by atoms with Crippen molar-refractivity contribution in [3.05, 3.63) is 40.8 Å². The molecule has 2 N–H and O–H groups in total. The molecule has 0 aromatic carbocycles. The average Bonchev–Trinajstić information content (AvgIpc) is 3.21. The molecular formula is C17H28IN5S. The van der Waals surface area contributed by atoms with Gasteiger partial charge in [-0.25, -0.2) is 0 Å². The number of guanidine groups is 1. The Bertz CT molecular complexity index is 520. The standard InChI is InChI=1S/C17H27N5S.HI/c1-14(10-16-6-4-9-23-16)11-19-17(18-3)20-12-15(2)13-22-8-5-7-21-22;/h4-9,14-15H,10-13H2,1-3H3,(H2,18,19,20);1H. The van der Waals surface area contributed by atoms with E-state index in [4.69, 9.17) is 0 Å². The van der Waals surface area contributed by atoms with Crippen LogP contribution in [0.15, 0.2) is 41.0 Å². The van der Waals surface area contributed by atoms with E-state index in [1.54, 1.807) is 0 Å². The van der Waals surface area contributed by atoms with Gasteiger partial charge in [-0.1, -0.05) is 19.9 Å². The van der Waals surface area contributed by atoms with Gasteiger partial charge < -0.3 is 10.6 Å². The summed E-state index contributed by atoms with van der Waals surface area (Å²) in [5.74, 6) is 1.93. The molecule has 24 heavy (non-hydrogen) atoms. The highest BCUT2D eigenvalue weighted by molar-refractivity contribution is 14.0. The number of hydrogen-bond acceptors (Lipinski definition) is 3. The van der Waals surface area contributed by atoms with Crippen LogP contribution in [0.5, 0.6) is 0 Å². The van der Waals surface area contributed by atoms with E-state index >= 15 is 0 Å². The predicted octanol–water partition coefficient (Wildman–Crippen LogP) is 3.24. The number of halogens is 1. The molecule has 0 aliphatic rings. The zero-order valence-corrected chi connectivity index (χ0v) is 17.8. The van der Waals surface area contributed by atoms with Crippen molar-refractivity contribution in [1.82, 2.24) is 20.4 Å². The summed E-state index contributed by atoms with van der Waals surface area (Å²) in [6.07, 6.45) is 4.92. The van der Waals surface area contributed by atoms with Gasteiger partial charge in [-0.05, 0) is 35.8 Å². The Balaban J connectivity index is 0.00000288. The quantitative estimate of drug-likeness (QED) is 0.361. The lowest BCUT2D eigenvalue weighted by molar-refractivity contribution is 0.442. The zero-order chi connectivity index (χ0) is 16.5. The SMILES string of the molecule is CN=C(NCC(C)Cc1cccs1)NCC(C)Cn1cccn1.I. The maximum Gasteiger partial charge on any atom is 0.190 e. The van der Waals surface area contributed by atoms with Crippen molar-refractivity contribution < 1.29 is 0 Å². The van der Waals surface area contributed by atoms with Crippen LogP contribution in [0.3, 0.4) is 0 Å². The summed E-state index contributed by atoms with van der Waals surface area (Å²) >= 11 is 1.83. The third-order valence-corrected chi connectivity index (χ3v) is 4.55. The molecule has 2 aromatic rings. The Labute approximate surface area is 166 Å². The first-order valence-corrected chi connectivity index (χ1v) is 8.99. The van der Waals surface area contributed by atoms with Crippen molar-refractivity contribution in [1.29, 1.82) is 0 Å². The Morgan fingerprint density at radius 3 is 2.58 bits per heavy atom. The van der Waals surface area contributed by atoms with Crippen molar-refractivity contribution in [3.8, 4) is 0 Å². The van der Waals surface area contributed by atoms with Crippen molar-refractivity contribution in [2.45, 2.75) is 26.8 Å². The molecule has 0 saturated heterocycles. The molecule has 0 amide bonds. The molecule has 0 aliphatic carbocycles. The fraction of sp³-hybridized carbons (Fsp3) is 0.529. The first-order chi connectivity index (χ1) is 11.2. The van der Waals surface area contributed by atoms with Crippen LogP contribution in [-0.2, 0) is 13.0 Å². The zero-order valence-electron chi connectivity index (χ0n) is 14.6. The summed E-state index contributed by atoms with van der Waals surface area (Å²) in [5.41, 5.74) is 0. The third kappa shape index (κ3) is 7.65. The van der Waals surface area contributed by atoms with Gasteiger partial charge in [0, 0.05) is 44.0 Å². The number of nitrogens with zero attached hydrogens (tertiary/aromatic N) is 3. The first kappa shape index (κ1) is 21.0. The van der Waals surface area contributed by atoms with E-state index in [0.717, 1.165) is 32.0 Å². The molecule has 0 radical (unpaired) electrons. The minimum Gasteiger partial charge on any atom is -0.356 e. The van der Waals surface area contributed by atoms with Gasteiger partial charge in [-0.2, -0.15) is 5.10 Å². The van der Waals surface area contributed by atoms with Crippen molar-refractivity contribution in [3.63, 3.8) is 0 Å². The van der Waals surface area contributed by atoms with E-state index in [9.17, 15) is 0 Å². The van der Waals surface area contributed by atoms with Gasteiger partial charge in [0.15, 0.2) is 5.96 Å². The van der Waals surface area contributed by atoms with E-state index in [0.29, 0.717) is 11.8 Å². The van der Waals surface area contributed by atoms with Gasteiger partial charge in [-0.15, -0.1) is 35.3 Å². The highest BCUT2D eigenvalue weighted by Crippen LogP contribution is 2.13. The van der Waals surface area contributed by atoms with Crippen LogP contribution < -0.4 is 10.6 Å². The van der Waals surface area contributed by atoms with Crippen LogP contribution in [0.25, 0.3) is 0 Å². The molecule has 5 nitrogen and oxygen atoms in total. The van der Waals surface area contributed by atoms with Gasteiger partial charge in [0.2, 0.25) is 0 Å². The Kier molecular flexibility index (Phi) is 10.0. The number of aromatic nitrogens is 2. The molecule has 7 heteroatoms. The molecule has 2 atom stereocenters. The van der Waals surface area contributed by atoms with Crippen LogP contribution in [0.1, 0.15) is 18.7 Å². The lowest BCUT2D eigenvalue weighted by Gasteiger charge is -2.18. The van der Waals surface area contributed by atoms with Crippen LogP contribution in [-0.4, -0.2) is 35.9 Å². The fourth-order valence-corrected chi connectivity index (χ4v) is 3.27. The normalized spacial score (nSPS) is 13.9. The largest absolute Gasteiger partial charge is 0.356 e. The summed E-state index contributed by atoms with van der Waals surface area (Å²) in [6, 6.07) is 6.27. The molecule has 2 rings (SSSR count). The van der Waals surface area contributed by atoms with Gasteiger partial charge in [-0.3, -0.25) is 9.67 Å². The molecule has 0 bridgehead atoms.